The highest BCUT2D eigenvalue weighted by molar-refractivity contribution is 7.48. The van der Waals surface area contributed by atoms with Crippen LogP contribution in [0.2, 0.25) is 0 Å². The third-order valence-electron chi connectivity index (χ3n) is 12.7. The van der Waals surface area contributed by atoms with Gasteiger partial charge in [0.2, 0.25) is 0 Å². The van der Waals surface area contributed by atoms with Crippen molar-refractivity contribution in [2.24, 2.45) is 0 Å². The maximum atomic E-state index is 14.8. The molecular formula is C57H69O7P. The summed E-state index contributed by atoms with van der Waals surface area (Å²) in [6, 6.07) is 30.0. The number of phenolic OH excluding ortho intramolecular Hbond substituents is 3. The van der Waals surface area contributed by atoms with Gasteiger partial charge in [-0.25, -0.2) is 4.57 Å². The molecule has 0 saturated heterocycles. The third-order valence-corrected chi connectivity index (χ3v) is 14.1. The minimum absolute atomic E-state index is 0.0277. The number of benzene rings is 6. The number of hydrogen-bond acceptors (Lipinski definition) is 7. The standard InChI is InChI=1S/C57H69O7P/c1-34(2)49-25-43(13-16-55(49)58)28-52-37(7)19-46(20-38(52)8)31-62-65(61,63-32-47-21-39(9)53(40(10)22-47)29-44-14-17-56(59)50(26-44)35(3)4)64-33-48-23-41(11)54(42(12)24-48)30-45-15-18-57(60)51(27-45)36(5)6/h13-27,34-36,58-60H,28-33H2,1-12H3. The first kappa shape index (κ1) is 49.3. The smallest absolute Gasteiger partial charge is 0.475 e. The van der Waals surface area contributed by atoms with Crippen molar-refractivity contribution in [1.82, 2.24) is 0 Å². The zero-order valence-electron chi connectivity index (χ0n) is 40.6. The summed E-state index contributed by atoms with van der Waals surface area (Å²) in [7, 11) is -4.14. The molecule has 0 heterocycles. The van der Waals surface area contributed by atoms with Gasteiger partial charge in [0, 0.05) is 0 Å². The van der Waals surface area contributed by atoms with Crippen LogP contribution in [-0.4, -0.2) is 15.3 Å². The molecule has 6 aromatic carbocycles. The SMILES string of the molecule is Cc1cc(COP(=O)(OCc2cc(C)c(Cc3ccc(O)c(C(C)C)c3)c(C)c2)OCc2cc(C)c(Cc3ccc(O)c(C(C)C)c3)c(C)c2)cc(C)c1Cc1ccc(O)c(C(C)C)c1. The molecule has 0 amide bonds. The van der Waals surface area contributed by atoms with Crippen LogP contribution in [0.5, 0.6) is 17.2 Å². The first-order chi connectivity index (χ1) is 30.7. The quantitative estimate of drug-likeness (QED) is 0.0738. The second-order valence-electron chi connectivity index (χ2n) is 19.1. The van der Waals surface area contributed by atoms with Gasteiger partial charge in [-0.05, 0) is 197 Å². The maximum absolute atomic E-state index is 14.8. The largest absolute Gasteiger partial charge is 0.508 e. The van der Waals surface area contributed by atoms with Crippen LogP contribution in [-0.2, 0) is 57.2 Å². The first-order valence-electron chi connectivity index (χ1n) is 23.0. The van der Waals surface area contributed by atoms with Crippen LogP contribution in [0, 0.1) is 41.5 Å². The van der Waals surface area contributed by atoms with Crippen LogP contribution >= 0.6 is 7.82 Å². The minimum atomic E-state index is -4.14. The summed E-state index contributed by atoms with van der Waals surface area (Å²) < 4.78 is 33.5. The molecule has 0 radical (unpaired) electrons. The molecule has 0 aliphatic rings. The molecule has 65 heavy (non-hydrogen) atoms. The van der Waals surface area contributed by atoms with Gasteiger partial charge in [0.15, 0.2) is 0 Å². The Kier molecular flexibility index (Phi) is 15.9. The molecular weight excluding hydrogens is 828 g/mol. The lowest BCUT2D eigenvalue weighted by molar-refractivity contribution is 0.0977. The molecule has 0 fully saturated rings. The van der Waals surface area contributed by atoms with Gasteiger partial charge in [0.25, 0.3) is 0 Å². The molecule has 0 aliphatic carbocycles. The predicted molar refractivity (Wildman–Crippen MR) is 265 cm³/mol. The third kappa shape index (κ3) is 12.4. The fourth-order valence-electron chi connectivity index (χ4n) is 9.05. The van der Waals surface area contributed by atoms with Crippen LogP contribution in [0.4, 0.5) is 0 Å². The number of hydrogen-bond donors (Lipinski definition) is 3. The number of phenols is 3. The lowest BCUT2D eigenvalue weighted by Gasteiger charge is -2.21. The molecule has 0 aliphatic heterocycles. The molecule has 6 rings (SSSR count). The fraction of sp³-hybridized carbons (Fsp3) is 0.368. The van der Waals surface area contributed by atoms with Crippen molar-refractivity contribution in [2.75, 3.05) is 0 Å². The van der Waals surface area contributed by atoms with Crippen molar-refractivity contribution >= 4 is 7.82 Å². The van der Waals surface area contributed by atoms with Gasteiger partial charge in [-0.3, -0.25) is 13.6 Å². The number of aryl methyl sites for hydroxylation is 6. The number of aromatic hydroxyl groups is 3. The summed E-state index contributed by atoms with van der Waals surface area (Å²) in [6.07, 6.45) is 2.17. The van der Waals surface area contributed by atoms with Gasteiger partial charge >= 0.3 is 7.82 Å². The predicted octanol–water partition coefficient (Wildman–Crippen LogP) is 14.9. The average molecular weight is 897 g/mol. The molecule has 0 unspecified atom stereocenters. The van der Waals surface area contributed by atoms with Crippen LogP contribution in [0.25, 0.3) is 0 Å². The molecule has 7 nitrogen and oxygen atoms in total. The number of phosphoric acid groups is 1. The van der Waals surface area contributed by atoms with E-state index in [0.29, 0.717) is 17.2 Å². The first-order valence-corrected chi connectivity index (χ1v) is 24.4. The highest BCUT2D eigenvalue weighted by Crippen LogP contribution is 2.52. The normalized spacial score (nSPS) is 12.0. The van der Waals surface area contributed by atoms with Gasteiger partial charge in [-0.2, -0.15) is 0 Å². The van der Waals surface area contributed by atoms with Crippen molar-refractivity contribution in [1.29, 1.82) is 0 Å². The van der Waals surface area contributed by atoms with Crippen LogP contribution < -0.4 is 0 Å². The second kappa shape index (κ2) is 21.0. The van der Waals surface area contributed by atoms with E-state index >= 15 is 0 Å². The van der Waals surface area contributed by atoms with E-state index in [1.54, 1.807) is 18.2 Å². The van der Waals surface area contributed by atoms with E-state index in [9.17, 15) is 19.9 Å². The van der Waals surface area contributed by atoms with Gasteiger partial charge in [0.1, 0.15) is 17.2 Å². The van der Waals surface area contributed by atoms with Crippen molar-refractivity contribution in [2.45, 2.75) is 140 Å². The molecule has 6 aromatic rings. The van der Waals surface area contributed by atoms with Crippen molar-refractivity contribution in [3.63, 3.8) is 0 Å². The lowest BCUT2D eigenvalue weighted by atomic mass is 9.92. The van der Waals surface area contributed by atoms with Crippen LogP contribution in [0.15, 0.2) is 91.0 Å². The minimum Gasteiger partial charge on any atom is -0.508 e. The van der Waals surface area contributed by atoms with Crippen LogP contribution in [0.3, 0.4) is 0 Å². The Morgan fingerprint density at radius 2 is 0.615 bits per heavy atom. The summed E-state index contributed by atoms with van der Waals surface area (Å²) in [5.74, 6) is 1.59. The van der Waals surface area contributed by atoms with E-state index in [1.165, 1.54) is 16.7 Å². The molecule has 0 saturated carbocycles. The average Bonchev–Trinajstić information content (AvgIpc) is 3.24. The Labute approximate surface area is 388 Å². The zero-order chi connectivity index (χ0) is 47.3. The highest BCUT2D eigenvalue weighted by Gasteiger charge is 2.28. The molecule has 0 atom stereocenters. The van der Waals surface area contributed by atoms with Gasteiger partial charge in [0.05, 0.1) is 19.8 Å². The molecule has 0 bridgehead atoms. The summed E-state index contributed by atoms with van der Waals surface area (Å²) in [5.41, 5.74) is 18.9. The van der Waals surface area contributed by atoms with E-state index in [0.717, 1.165) is 103 Å². The van der Waals surface area contributed by atoms with Gasteiger partial charge < -0.3 is 15.3 Å². The Bertz CT molecular complexity index is 2350. The van der Waals surface area contributed by atoms with E-state index in [-0.39, 0.29) is 37.6 Å². The van der Waals surface area contributed by atoms with Crippen molar-refractivity contribution in [3.8, 4) is 17.2 Å². The monoisotopic (exact) mass is 896 g/mol. The second-order valence-corrected chi connectivity index (χ2v) is 20.7. The Hall–Kier alpha value is -5.17. The van der Waals surface area contributed by atoms with Crippen LogP contribution in [0.1, 0.15) is 159 Å². The van der Waals surface area contributed by atoms with E-state index in [2.05, 4.69) is 138 Å². The van der Waals surface area contributed by atoms with E-state index in [1.807, 2.05) is 18.2 Å². The molecule has 0 spiro atoms. The molecule has 8 heteroatoms. The highest BCUT2D eigenvalue weighted by atomic mass is 31.2. The topological polar surface area (TPSA) is 105 Å². The Morgan fingerprint density at radius 1 is 0.385 bits per heavy atom. The van der Waals surface area contributed by atoms with Gasteiger partial charge in [-0.1, -0.05) is 114 Å². The summed E-state index contributed by atoms with van der Waals surface area (Å²) in [4.78, 5) is 0. The molecule has 344 valence electrons. The zero-order valence-corrected chi connectivity index (χ0v) is 41.5. The van der Waals surface area contributed by atoms with Crippen molar-refractivity contribution < 1.29 is 33.5 Å². The van der Waals surface area contributed by atoms with Crippen molar-refractivity contribution in [3.05, 3.63) is 191 Å². The maximum Gasteiger partial charge on any atom is 0.475 e. The molecule has 3 N–H and O–H groups in total. The lowest BCUT2D eigenvalue weighted by Crippen LogP contribution is -2.05. The van der Waals surface area contributed by atoms with E-state index < -0.39 is 7.82 Å². The van der Waals surface area contributed by atoms with Gasteiger partial charge in [-0.15, -0.1) is 0 Å². The van der Waals surface area contributed by atoms with E-state index in [4.69, 9.17) is 13.6 Å². The Morgan fingerprint density at radius 3 is 0.831 bits per heavy atom. The summed E-state index contributed by atoms with van der Waals surface area (Å²) in [6.45, 7) is 25.1. The summed E-state index contributed by atoms with van der Waals surface area (Å²) in [5, 5.41) is 31.2. The fourth-order valence-corrected chi connectivity index (χ4v) is 10.2. The summed E-state index contributed by atoms with van der Waals surface area (Å²) >= 11 is 0. The Balaban J connectivity index is 1.23. The number of rotatable bonds is 18. The number of phosphoric ester groups is 1. The molecule has 0 aromatic heterocycles.